The zero-order valence-electron chi connectivity index (χ0n) is 11.3. The number of nitrogens with two attached hydrogens (primary N) is 1. The SMILES string of the molecule is Cc1nnc(Sc2nc(C(C)C)nc(NN)c2C)s1. The van der Waals surface area contributed by atoms with Crippen LogP contribution in [0.1, 0.15) is 36.2 Å². The second-order valence-electron chi connectivity index (χ2n) is 4.35. The van der Waals surface area contributed by atoms with Crippen molar-refractivity contribution in [3.05, 3.63) is 16.4 Å². The molecule has 2 heterocycles. The molecule has 2 rings (SSSR count). The third-order valence-corrected chi connectivity index (χ3v) is 4.44. The first kappa shape index (κ1) is 14.2. The first-order valence-electron chi connectivity index (χ1n) is 5.84. The zero-order chi connectivity index (χ0) is 14.0. The van der Waals surface area contributed by atoms with Crippen molar-refractivity contribution in [2.45, 2.75) is 43.0 Å². The molecule has 0 amide bonds. The summed E-state index contributed by atoms with van der Waals surface area (Å²) in [6.45, 7) is 7.97. The number of anilines is 1. The van der Waals surface area contributed by atoms with Crippen LogP contribution in [0.5, 0.6) is 0 Å². The van der Waals surface area contributed by atoms with Gasteiger partial charge in [0.05, 0.1) is 0 Å². The zero-order valence-corrected chi connectivity index (χ0v) is 12.9. The molecule has 0 fully saturated rings. The van der Waals surface area contributed by atoms with Crippen LogP contribution < -0.4 is 11.3 Å². The highest BCUT2D eigenvalue weighted by molar-refractivity contribution is 8.01. The van der Waals surface area contributed by atoms with Crippen LogP contribution in [0.15, 0.2) is 9.37 Å². The molecule has 0 saturated heterocycles. The number of rotatable bonds is 4. The minimum atomic E-state index is 0.239. The van der Waals surface area contributed by atoms with Crippen LogP contribution in [-0.4, -0.2) is 20.2 Å². The molecule has 0 unspecified atom stereocenters. The van der Waals surface area contributed by atoms with Gasteiger partial charge in [0.15, 0.2) is 4.34 Å². The second-order valence-corrected chi connectivity index (χ2v) is 6.77. The fourth-order valence-electron chi connectivity index (χ4n) is 1.41. The highest BCUT2D eigenvalue weighted by Crippen LogP contribution is 2.33. The molecular weight excluding hydrogens is 280 g/mol. The molecule has 2 aromatic heterocycles. The van der Waals surface area contributed by atoms with Crippen LogP contribution >= 0.6 is 23.1 Å². The maximum Gasteiger partial charge on any atom is 0.180 e. The lowest BCUT2D eigenvalue weighted by atomic mass is 10.2. The smallest absolute Gasteiger partial charge is 0.180 e. The van der Waals surface area contributed by atoms with E-state index in [4.69, 9.17) is 5.84 Å². The number of nitrogens with zero attached hydrogens (tertiary/aromatic N) is 4. The molecule has 8 heteroatoms. The Morgan fingerprint density at radius 2 is 1.95 bits per heavy atom. The maximum absolute atomic E-state index is 5.51. The van der Waals surface area contributed by atoms with Crippen LogP contribution in [0.4, 0.5) is 5.82 Å². The molecule has 0 aliphatic heterocycles. The van der Waals surface area contributed by atoms with Gasteiger partial charge in [0.2, 0.25) is 0 Å². The predicted molar refractivity (Wildman–Crippen MR) is 77.4 cm³/mol. The largest absolute Gasteiger partial charge is 0.308 e. The van der Waals surface area contributed by atoms with Gasteiger partial charge >= 0.3 is 0 Å². The molecule has 0 atom stereocenters. The minimum absolute atomic E-state index is 0.239. The number of hydrazine groups is 1. The van der Waals surface area contributed by atoms with E-state index in [1.54, 1.807) is 11.3 Å². The second kappa shape index (κ2) is 5.81. The lowest BCUT2D eigenvalue weighted by Gasteiger charge is -2.12. The number of aryl methyl sites for hydroxylation is 1. The molecule has 0 aliphatic rings. The van der Waals surface area contributed by atoms with Gasteiger partial charge in [-0.05, 0) is 25.6 Å². The van der Waals surface area contributed by atoms with E-state index >= 15 is 0 Å². The average Bonchev–Trinajstić information content (AvgIpc) is 2.77. The summed E-state index contributed by atoms with van der Waals surface area (Å²) in [7, 11) is 0. The van der Waals surface area contributed by atoms with Crippen molar-refractivity contribution in [1.82, 2.24) is 20.2 Å². The van der Waals surface area contributed by atoms with Crippen molar-refractivity contribution in [2.75, 3.05) is 5.43 Å². The summed E-state index contributed by atoms with van der Waals surface area (Å²) < 4.78 is 0.872. The molecule has 6 nitrogen and oxygen atoms in total. The van der Waals surface area contributed by atoms with E-state index in [9.17, 15) is 0 Å². The van der Waals surface area contributed by atoms with Crippen molar-refractivity contribution in [3.63, 3.8) is 0 Å². The fraction of sp³-hybridized carbons (Fsp3) is 0.455. The summed E-state index contributed by atoms with van der Waals surface area (Å²) in [5.41, 5.74) is 3.55. The molecule has 19 heavy (non-hydrogen) atoms. The standard InChI is InChI=1S/C11H16N6S2/c1-5(2)8-13-9(15-12)6(3)10(14-8)19-11-17-16-7(4)18-11/h5H,12H2,1-4H3,(H,13,14,15). The van der Waals surface area contributed by atoms with Gasteiger partial charge in [0.1, 0.15) is 21.7 Å². The average molecular weight is 296 g/mol. The van der Waals surface area contributed by atoms with E-state index in [2.05, 4.69) is 39.4 Å². The Balaban J connectivity index is 2.40. The Hall–Kier alpha value is -1.25. The van der Waals surface area contributed by atoms with Crippen LogP contribution in [0.25, 0.3) is 0 Å². The monoisotopic (exact) mass is 296 g/mol. The topological polar surface area (TPSA) is 89.6 Å². The number of nitrogen functional groups attached to an aromatic ring is 1. The molecule has 102 valence electrons. The molecule has 2 aromatic rings. The maximum atomic E-state index is 5.51. The quantitative estimate of drug-likeness (QED) is 0.509. The molecule has 0 aromatic carbocycles. The Morgan fingerprint density at radius 3 is 2.47 bits per heavy atom. The van der Waals surface area contributed by atoms with Crippen molar-refractivity contribution in [1.29, 1.82) is 0 Å². The van der Waals surface area contributed by atoms with Gasteiger partial charge in [-0.15, -0.1) is 10.2 Å². The molecule has 0 spiro atoms. The van der Waals surface area contributed by atoms with E-state index in [0.29, 0.717) is 5.82 Å². The Bertz CT molecular complexity index is 581. The van der Waals surface area contributed by atoms with Gasteiger partial charge in [-0.25, -0.2) is 15.8 Å². The molecule has 0 aliphatic carbocycles. The third kappa shape index (κ3) is 3.20. The fourth-order valence-corrected chi connectivity index (χ4v) is 3.23. The first-order chi connectivity index (χ1) is 9.01. The predicted octanol–water partition coefficient (Wildman–Crippen LogP) is 2.51. The Kier molecular flexibility index (Phi) is 4.33. The van der Waals surface area contributed by atoms with Gasteiger partial charge in [0.25, 0.3) is 0 Å². The molecule has 0 radical (unpaired) electrons. The van der Waals surface area contributed by atoms with E-state index in [1.807, 2.05) is 13.8 Å². The molecular formula is C11H16N6S2. The van der Waals surface area contributed by atoms with Crippen molar-refractivity contribution in [3.8, 4) is 0 Å². The van der Waals surface area contributed by atoms with Crippen molar-refractivity contribution < 1.29 is 0 Å². The summed E-state index contributed by atoms with van der Waals surface area (Å²) in [6.07, 6.45) is 0. The molecule has 3 N–H and O–H groups in total. The summed E-state index contributed by atoms with van der Waals surface area (Å²) in [6, 6.07) is 0. The lowest BCUT2D eigenvalue weighted by molar-refractivity contribution is 0.748. The van der Waals surface area contributed by atoms with Gasteiger partial charge in [-0.1, -0.05) is 25.2 Å². The van der Waals surface area contributed by atoms with Gasteiger partial charge in [0, 0.05) is 11.5 Å². The van der Waals surface area contributed by atoms with Gasteiger partial charge in [-0.3, -0.25) is 0 Å². The third-order valence-electron chi connectivity index (χ3n) is 2.46. The van der Waals surface area contributed by atoms with Gasteiger partial charge < -0.3 is 5.43 Å². The summed E-state index contributed by atoms with van der Waals surface area (Å²) >= 11 is 3.04. The van der Waals surface area contributed by atoms with Crippen molar-refractivity contribution in [2.24, 2.45) is 5.84 Å². The molecule has 0 saturated carbocycles. The lowest BCUT2D eigenvalue weighted by Crippen LogP contribution is -2.13. The highest BCUT2D eigenvalue weighted by Gasteiger charge is 2.15. The summed E-state index contributed by atoms with van der Waals surface area (Å²) in [5.74, 6) is 7.17. The van der Waals surface area contributed by atoms with Gasteiger partial charge in [-0.2, -0.15) is 0 Å². The van der Waals surface area contributed by atoms with Crippen molar-refractivity contribution >= 4 is 28.9 Å². The normalized spacial score (nSPS) is 11.1. The van der Waals surface area contributed by atoms with Crippen LogP contribution in [0.2, 0.25) is 0 Å². The van der Waals surface area contributed by atoms with Crippen LogP contribution in [-0.2, 0) is 0 Å². The number of nitrogens with one attached hydrogen (secondary N) is 1. The minimum Gasteiger partial charge on any atom is -0.308 e. The highest BCUT2D eigenvalue weighted by atomic mass is 32.2. The van der Waals surface area contributed by atoms with E-state index in [0.717, 1.165) is 25.8 Å². The number of hydrogen-bond donors (Lipinski definition) is 2. The Morgan fingerprint density at radius 1 is 1.21 bits per heavy atom. The summed E-state index contributed by atoms with van der Waals surface area (Å²) in [5, 5.41) is 9.91. The van der Waals surface area contributed by atoms with E-state index in [1.165, 1.54) is 11.8 Å². The number of aromatic nitrogens is 4. The molecule has 0 bridgehead atoms. The first-order valence-corrected chi connectivity index (χ1v) is 7.47. The summed E-state index contributed by atoms with van der Waals surface area (Å²) in [4.78, 5) is 8.98. The van der Waals surface area contributed by atoms with Crippen LogP contribution in [0, 0.1) is 13.8 Å². The number of hydrogen-bond acceptors (Lipinski definition) is 8. The van der Waals surface area contributed by atoms with Crippen LogP contribution in [0.3, 0.4) is 0 Å². The van der Waals surface area contributed by atoms with E-state index in [-0.39, 0.29) is 5.92 Å². The Labute approximate surface area is 120 Å². The van der Waals surface area contributed by atoms with E-state index < -0.39 is 0 Å².